The molecule has 1 aliphatic rings. The Kier molecular flexibility index (Phi) is 9.11. The fourth-order valence-electron chi connectivity index (χ4n) is 3.35. The van der Waals surface area contributed by atoms with Crippen molar-refractivity contribution in [2.75, 3.05) is 6.61 Å². The maximum absolute atomic E-state index is 11.5. The van der Waals surface area contributed by atoms with Crippen molar-refractivity contribution in [1.82, 2.24) is 0 Å². The number of aliphatic hydroxyl groups is 1. The molecule has 2 aromatic rings. The van der Waals surface area contributed by atoms with E-state index in [2.05, 4.69) is 8.37 Å². The van der Waals surface area contributed by atoms with E-state index in [9.17, 15) is 31.0 Å². The molecule has 0 aromatic heterocycles. The Balaban J connectivity index is 1.82. The summed E-state index contributed by atoms with van der Waals surface area (Å²) in [5.74, 6) is 0. The predicted molar refractivity (Wildman–Crippen MR) is 115 cm³/mol. The highest BCUT2D eigenvalue weighted by Gasteiger charge is 2.51. The quantitative estimate of drug-likeness (QED) is 0.357. The van der Waals surface area contributed by atoms with Crippen LogP contribution in [0.15, 0.2) is 60.7 Å². The molecule has 1 unspecified atom stereocenters. The number of benzene rings is 2. The SMILES string of the molecule is O=S(=O)(O)O[C@@H]1[C@H](OS(=O)(=O)O)[C@@H](OCc2ccccc2)C(O)O[C@@H]1COCc1ccccc1. The summed E-state index contributed by atoms with van der Waals surface area (Å²) in [7, 11) is -10.3. The van der Waals surface area contributed by atoms with Gasteiger partial charge in [-0.2, -0.15) is 16.8 Å². The number of hydrogen-bond donors (Lipinski definition) is 3. The molecule has 1 heterocycles. The van der Waals surface area contributed by atoms with Crippen LogP contribution in [-0.4, -0.2) is 68.4 Å². The van der Waals surface area contributed by atoms with E-state index in [4.69, 9.17) is 14.2 Å². The zero-order valence-corrected chi connectivity index (χ0v) is 19.2. The van der Waals surface area contributed by atoms with E-state index in [0.717, 1.165) is 5.56 Å². The fraction of sp³-hybridized carbons (Fsp3) is 0.400. The lowest BCUT2D eigenvalue weighted by Crippen LogP contribution is -2.62. The molecular formula is C20H24O12S2. The molecular weight excluding hydrogens is 496 g/mol. The monoisotopic (exact) mass is 520 g/mol. The van der Waals surface area contributed by atoms with Gasteiger partial charge < -0.3 is 19.3 Å². The molecule has 2 aromatic carbocycles. The molecule has 34 heavy (non-hydrogen) atoms. The van der Waals surface area contributed by atoms with Crippen LogP contribution in [0.1, 0.15) is 11.1 Å². The summed E-state index contributed by atoms with van der Waals surface area (Å²) >= 11 is 0. The lowest BCUT2D eigenvalue weighted by atomic mass is 9.99. The normalized spacial score (nSPS) is 25.8. The third kappa shape index (κ3) is 8.35. The van der Waals surface area contributed by atoms with Crippen LogP contribution in [0.2, 0.25) is 0 Å². The van der Waals surface area contributed by atoms with Gasteiger partial charge in [-0.25, -0.2) is 8.37 Å². The molecule has 0 saturated carbocycles. The Morgan fingerprint density at radius 3 is 1.76 bits per heavy atom. The molecule has 1 fully saturated rings. The average Bonchev–Trinajstić information content (AvgIpc) is 2.75. The molecule has 0 radical (unpaired) electrons. The second-order valence-electron chi connectivity index (χ2n) is 7.30. The number of aliphatic hydroxyl groups excluding tert-OH is 1. The first kappa shape index (κ1) is 26.6. The largest absolute Gasteiger partial charge is 0.397 e. The molecule has 0 spiro atoms. The first-order valence-corrected chi connectivity index (χ1v) is 12.7. The Hall–Kier alpha value is -1.98. The van der Waals surface area contributed by atoms with Crippen molar-refractivity contribution in [2.45, 2.75) is 43.9 Å². The van der Waals surface area contributed by atoms with E-state index in [-0.39, 0.29) is 13.2 Å². The van der Waals surface area contributed by atoms with Crippen LogP contribution in [0.5, 0.6) is 0 Å². The van der Waals surface area contributed by atoms with Crippen molar-refractivity contribution >= 4 is 20.8 Å². The van der Waals surface area contributed by atoms with Gasteiger partial charge in [0.15, 0.2) is 6.29 Å². The topological polar surface area (TPSA) is 175 Å². The Morgan fingerprint density at radius 2 is 1.24 bits per heavy atom. The number of hydrogen-bond acceptors (Lipinski definition) is 10. The summed E-state index contributed by atoms with van der Waals surface area (Å²) in [6.07, 6.45) is -8.73. The van der Waals surface area contributed by atoms with Crippen LogP contribution in [0.4, 0.5) is 0 Å². The van der Waals surface area contributed by atoms with E-state index >= 15 is 0 Å². The van der Waals surface area contributed by atoms with Gasteiger partial charge in [-0.15, -0.1) is 0 Å². The van der Waals surface area contributed by atoms with E-state index in [1.54, 1.807) is 60.7 Å². The van der Waals surface area contributed by atoms with Crippen LogP contribution in [-0.2, 0) is 56.6 Å². The molecule has 3 rings (SSSR count). The van der Waals surface area contributed by atoms with Crippen molar-refractivity contribution in [3.8, 4) is 0 Å². The molecule has 5 atom stereocenters. The van der Waals surface area contributed by atoms with Crippen LogP contribution >= 0.6 is 0 Å². The van der Waals surface area contributed by atoms with Gasteiger partial charge in [-0.3, -0.25) is 9.11 Å². The third-order valence-electron chi connectivity index (χ3n) is 4.75. The van der Waals surface area contributed by atoms with Gasteiger partial charge in [0.05, 0.1) is 19.8 Å². The molecule has 0 aliphatic carbocycles. The van der Waals surface area contributed by atoms with Crippen molar-refractivity contribution in [3.05, 3.63) is 71.8 Å². The van der Waals surface area contributed by atoms with E-state index in [1.165, 1.54) is 0 Å². The second kappa shape index (κ2) is 11.6. The minimum absolute atomic E-state index is 0.0626. The molecule has 1 saturated heterocycles. The highest BCUT2D eigenvalue weighted by molar-refractivity contribution is 7.81. The zero-order valence-electron chi connectivity index (χ0n) is 17.6. The lowest BCUT2D eigenvalue weighted by Gasteiger charge is -2.42. The first-order chi connectivity index (χ1) is 16.0. The predicted octanol–water partition coefficient (Wildman–Crippen LogP) is 0.882. The summed E-state index contributed by atoms with van der Waals surface area (Å²) in [6.45, 7) is -0.499. The summed E-state index contributed by atoms with van der Waals surface area (Å²) < 4.78 is 90.1. The summed E-state index contributed by atoms with van der Waals surface area (Å²) in [5, 5.41) is 10.5. The first-order valence-electron chi connectivity index (χ1n) is 9.94. The van der Waals surface area contributed by atoms with Gasteiger partial charge in [-0.1, -0.05) is 60.7 Å². The van der Waals surface area contributed by atoms with Gasteiger partial charge in [0.2, 0.25) is 0 Å². The van der Waals surface area contributed by atoms with Crippen molar-refractivity contribution in [2.24, 2.45) is 0 Å². The molecule has 12 nitrogen and oxygen atoms in total. The van der Waals surface area contributed by atoms with Crippen LogP contribution < -0.4 is 0 Å². The third-order valence-corrected chi connectivity index (χ3v) is 5.68. The second-order valence-corrected chi connectivity index (χ2v) is 9.40. The smallest absolute Gasteiger partial charge is 0.374 e. The summed E-state index contributed by atoms with van der Waals surface area (Å²) in [6, 6.07) is 17.4. The van der Waals surface area contributed by atoms with Gasteiger partial charge in [-0.05, 0) is 11.1 Å². The van der Waals surface area contributed by atoms with Crippen LogP contribution in [0, 0.1) is 0 Å². The maximum Gasteiger partial charge on any atom is 0.397 e. The van der Waals surface area contributed by atoms with Gasteiger partial charge in [0.25, 0.3) is 0 Å². The molecule has 1 aliphatic heterocycles. The van der Waals surface area contributed by atoms with Gasteiger partial charge in [0.1, 0.15) is 24.4 Å². The Morgan fingerprint density at radius 1 is 0.735 bits per heavy atom. The van der Waals surface area contributed by atoms with Crippen molar-refractivity contribution in [3.63, 3.8) is 0 Å². The highest BCUT2D eigenvalue weighted by Crippen LogP contribution is 2.30. The number of ether oxygens (including phenoxy) is 3. The lowest BCUT2D eigenvalue weighted by molar-refractivity contribution is -0.292. The molecule has 3 N–H and O–H groups in total. The van der Waals surface area contributed by atoms with Gasteiger partial charge >= 0.3 is 20.8 Å². The molecule has 14 heteroatoms. The summed E-state index contributed by atoms with van der Waals surface area (Å²) in [5.41, 5.74) is 1.39. The van der Waals surface area contributed by atoms with Crippen LogP contribution in [0.25, 0.3) is 0 Å². The average molecular weight is 521 g/mol. The van der Waals surface area contributed by atoms with Crippen molar-refractivity contribution < 1.29 is 53.6 Å². The van der Waals surface area contributed by atoms with E-state index in [0.29, 0.717) is 5.56 Å². The highest BCUT2D eigenvalue weighted by atomic mass is 32.3. The molecule has 0 bridgehead atoms. The zero-order chi connectivity index (χ0) is 24.8. The van der Waals surface area contributed by atoms with Crippen molar-refractivity contribution in [1.29, 1.82) is 0 Å². The van der Waals surface area contributed by atoms with Crippen LogP contribution in [0.3, 0.4) is 0 Å². The Bertz CT molecular complexity index is 1110. The van der Waals surface area contributed by atoms with E-state index < -0.39 is 58.1 Å². The van der Waals surface area contributed by atoms with Gasteiger partial charge in [0, 0.05) is 0 Å². The number of rotatable bonds is 11. The van der Waals surface area contributed by atoms with E-state index in [1.807, 2.05) is 0 Å². The molecule has 188 valence electrons. The molecule has 0 amide bonds. The minimum Gasteiger partial charge on any atom is -0.374 e. The Labute approximate surface area is 196 Å². The summed E-state index contributed by atoms with van der Waals surface area (Å²) in [4.78, 5) is 0. The maximum atomic E-state index is 11.5. The standard InChI is InChI=1S/C20H24O12S2/c21-20-19(29-12-15-9-5-2-6-10-15)18(32-34(25,26)27)17(31-33(22,23)24)16(30-20)13-28-11-14-7-3-1-4-8-14/h1-10,16-21H,11-13H2,(H,22,23,24)(H,25,26,27)/t16-,17+,18+,19-,20?/m1/s1. The fourth-order valence-corrected chi connectivity index (χ4v) is 4.36. The minimum atomic E-state index is -5.18.